The van der Waals surface area contributed by atoms with Gasteiger partial charge in [0, 0.05) is 11.1 Å². The molecule has 0 saturated carbocycles. The Morgan fingerprint density at radius 3 is 2.35 bits per heavy atom. The monoisotopic (exact) mass is 465 g/mol. The number of hydrogen-bond donors (Lipinski definition) is 1. The van der Waals surface area contributed by atoms with Crippen molar-refractivity contribution in [3.63, 3.8) is 0 Å². The quantitative estimate of drug-likeness (QED) is 0.515. The molecule has 1 aliphatic rings. The van der Waals surface area contributed by atoms with Crippen molar-refractivity contribution in [3.8, 4) is 0 Å². The van der Waals surface area contributed by atoms with Gasteiger partial charge in [0.25, 0.3) is 5.91 Å². The SMILES string of the molecule is COC(=O)c1c(NC(=O)COC(=O)c2ccc(S(C)(=O)=O)cc2)sc2c1CCCCC2. The van der Waals surface area contributed by atoms with Crippen LogP contribution in [0.1, 0.15) is 50.4 Å². The van der Waals surface area contributed by atoms with E-state index in [1.165, 1.54) is 42.7 Å². The highest BCUT2D eigenvalue weighted by Gasteiger charge is 2.26. The molecule has 1 aromatic carbocycles. The first-order valence-corrected chi connectivity index (χ1v) is 12.4. The maximum Gasteiger partial charge on any atom is 0.341 e. The van der Waals surface area contributed by atoms with Gasteiger partial charge in [-0.1, -0.05) is 6.42 Å². The number of carbonyl (C=O) groups is 3. The fourth-order valence-electron chi connectivity index (χ4n) is 3.36. The van der Waals surface area contributed by atoms with Crippen molar-refractivity contribution in [1.82, 2.24) is 0 Å². The Hall–Kier alpha value is -2.72. The van der Waals surface area contributed by atoms with Gasteiger partial charge in [0.15, 0.2) is 16.4 Å². The number of sulfone groups is 1. The highest BCUT2D eigenvalue weighted by atomic mass is 32.2. The molecular formula is C21H23NO7S2. The fraction of sp³-hybridized carbons (Fsp3) is 0.381. The summed E-state index contributed by atoms with van der Waals surface area (Å²) < 4.78 is 32.9. The zero-order chi connectivity index (χ0) is 22.6. The van der Waals surface area contributed by atoms with Gasteiger partial charge in [-0.25, -0.2) is 18.0 Å². The molecule has 0 bridgehead atoms. The highest BCUT2D eigenvalue weighted by Crippen LogP contribution is 2.37. The number of amides is 1. The summed E-state index contributed by atoms with van der Waals surface area (Å²) in [4.78, 5) is 38.0. The molecule has 2 aromatic rings. The third-order valence-corrected chi connectivity index (χ3v) is 7.25. The Labute approximate surface area is 184 Å². The standard InChI is InChI=1S/C21H23NO7S2/c1-28-21(25)18-15-6-4-3-5-7-16(15)30-19(18)22-17(23)12-29-20(24)13-8-10-14(11-9-13)31(2,26)27/h8-11H,3-7,12H2,1-2H3,(H,22,23). The molecule has 1 aromatic heterocycles. The zero-order valence-corrected chi connectivity index (χ0v) is 18.9. The number of hydrogen-bond acceptors (Lipinski definition) is 8. The maximum absolute atomic E-state index is 12.4. The number of nitrogens with one attached hydrogen (secondary N) is 1. The van der Waals surface area contributed by atoms with Crippen molar-refractivity contribution in [2.45, 2.75) is 37.0 Å². The van der Waals surface area contributed by atoms with Gasteiger partial charge in [0.2, 0.25) is 0 Å². The molecule has 8 nitrogen and oxygen atoms in total. The van der Waals surface area contributed by atoms with E-state index in [1.807, 2.05) is 0 Å². The number of thiophene rings is 1. The Morgan fingerprint density at radius 1 is 1.03 bits per heavy atom. The number of esters is 2. The van der Waals surface area contributed by atoms with Crippen LogP contribution in [0.25, 0.3) is 0 Å². The lowest BCUT2D eigenvalue weighted by Crippen LogP contribution is -2.21. The van der Waals surface area contributed by atoms with Gasteiger partial charge in [-0.15, -0.1) is 11.3 Å². The van der Waals surface area contributed by atoms with Crippen molar-refractivity contribution in [3.05, 3.63) is 45.8 Å². The lowest BCUT2D eigenvalue weighted by atomic mass is 10.1. The lowest BCUT2D eigenvalue weighted by Gasteiger charge is -2.08. The Kier molecular flexibility index (Phi) is 7.11. The zero-order valence-electron chi connectivity index (χ0n) is 17.2. The third kappa shape index (κ3) is 5.50. The summed E-state index contributed by atoms with van der Waals surface area (Å²) >= 11 is 1.35. The van der Waals surface area contributed by atoms with E-state index < -0.39 is 34.3 Å². The smallest absolute Gasteiger partial charge is 0.341 e. The molecule has 0 atom stereocenters. The van der Waals surface area contributed by atoms with Gasteiger partial charge in [-0.2, -0.15) is 0 Å². The number of aryl methyl sites for hydroxylation is 1. The summed E-state index contributed by atoms with van der Waals surface area (Å²) in [5.41, 5.74) is 1.42. The first-order chi connectivity index (χ1) is 14.7. The van der Waals surface area contributed by atoms with Crippen LogP contribution < -0.4 is 5.32 Å². The van der Waals surface area contributed by atoms with Crippen molar-refractivity contribution >= 4 is 44.0 Å². The Morgan fingerprint density at radius 2 is 1.71 bits per heavy atom. The molecule has 1 aliphatic carbocycles. The van der Waals surface area contributed by atoms with Gasteiger partial charge >= 0.3 is 11.9 Å². The van der Waals surface area contributed by atoms with Crippen molar-refractivity contribution in [1.29, 1.82) is 0 Å². The van der Waals surface area contributed by atoms with Crippen LogP contribution in [0.4, 0.5) is 5.00 Å². The van der Waals surface area contributed by atoms with Crippen LogP contribution in [0, 0.1) is 0 Å². The van der Waals surface area contributed by atoms with Crippen LogP contribution in [-0.2, 0) is 36.9 Å². The second-order valence-electron chi connectivity index (χ2n) is 7.18. The molecule has 3 rings (SSSR count). The number of benzene rings is 1. The van der Waals surface area contributed by atoms with Crippen LogP contribution in [-0.4, -0.2) is 46.2 Å². The van der Waals surface area contributed by atoms with Crippen LogP contribution in [0.2, 0.25) is 0 Å². The minimum absolute atomic E-state index is 0.0783. The van der Waals surface area contributed by atoms with E-state index in [0.717, 1.165) is 48.8 Å². The molecule has 0 saturated heterocycles. The lowest BCUT2D eigenvalue weighted by molar-refractivity contribution is -0.119. The number of ether oxygens (including phenoxy) is 2. The molecule has 1 N–H and O–H groups in total. The molecule has 0 radical (unpaired) electrons. The van der Waals surface area contributed by atoms with Crippen molar-refractivity contribution < 1.29 is 32.3 Å². The van der Waals surface area contributed by atoms with Crippen LogP contribution in [0.3, 0.4) is 0 Å². The van der Waals surface area contributed by atoms with E-state index >= 15 is 0 Å². The minimum Gasteiger partial charge on any atom is -0.465 e. The van der Waals surface area contributed by atoms with Crippen LogP contribution in [0.5, 0.6) is 0 Å². The number of fused-ring (bicyclic) bond motifs is 1. The second-order valence-corrected chi connectivity index (χ2v) is 10.3. The molecule has 1 heterocycles. The van der Waals surface area contributed by atoms with Crippen LogP contribution >= 0.6 is 11.3 Å². The van der Waals surface area contributed by atoms with Crippen LogP contribution in [0.15, 0.2) is 29.2 Å². The molecule has 0 aliphatic heterocycles. The summed E-state index contributed by atoms with van der Waals surface area (Å²) in [6, 6.07) is 5.24. The molecule has 166 valence electrons. The molecule has 31 heavy (non-hydrogen) atoms. The number of anilines is 1. The van der Waals surface area contributed by atoms with E-state index in [9.17, 15) is 22.8 Å². The first-order valence-electron chi connectivity index (χ1n) is 9.70. The van der Waals surface area contributed by atoms with E-state index in [1.54, 1.807) is 0 Å². The molecule has 0 unspecified atom stereocenters. The van der Waals surface area contributed by atoms with Gasteiger partial charge < -0.3 is 14.8 Å². The average Bonchev–Trinajstić information content (AvgIpc) is 2.91. The summed E-state index contributed by atoms with van der Waals surface area (Å²) in [6.07, 6.45) is 5.75. The topological polar surface area (TPSA) is 116 Å². The second kappa shape index (κ2) is 9.61. The number of rotatable bonds is 6. The molecule has 1 amide bonds. The summed E-state index contributed by atoms with van der Waals surface area (Å²) in [5, 5.41) is 3.06. The predicted molar refractivity (Wildman–Crippen MR) is 115 cm³/mol. The minimum atomic E-state index is -3.38. The molecule has 0 spiro atoms. The average molecular weight is 466 g/mol. The number of methoxy groups -OCH3 is 1. The van der Waals surface area contributed by atoms with E-state index in [4.69, 9.17) is 9.47 Å². The van der Waals surface area contributed by atoms with Gasteiger partial charge in [-0.05, 0) is 55.5 Å². The van der Waals surface area contributed by atoms with Crippen molar-refractivity contribution in [2.75, 3.05) is 25.3 Å². The summed E-state index contributed by atoms with van der Waals surface area (Å²) in [5.74, 6) is -1.84. The maximum atomic E-state index is 12.4. The predicted octanol–water partition coefficient (Wildman–Crippen LogP) is 3.00. The Bertz CT molecular complexity index is 1100. The fourth-order valence-corrected chi connectivity index (χ4v) is 5.29. The normalized spacial score (nSPS) is 13.6. The van der Waals surface area contributed by atoms with Gasteiger partial charge in [-0.3, -0.25) is 4.79 Å². The van der Waals surface area contributed by atoms with E-state index in [0.29, 0.717) is 10.6 Å². The molecular weight excluding hydrogens is 442 g/mol. The van der Waals surface area contributed by atoms with Crippen molar-refractivity contribution in [2.24, 2.45) is 0 Å². The molecule has 0 fully saturated rings. The highest BCUT2D eigenvalue weighted by molar-refractivity contribution is 7.90. The van der Waals surface area contributed by atoms with E-state index in [-0.39, 0.29) is 10.5 Å². The summed E-state index contributed by atoms with van der Waals surface area (Å²) in [7, 11) is -2.08. The summed E-state index contributed by atoms with van der Waals surface area (Å²) in [6.45, 7) is -0.546. The number of carbonyl (C=O) groups excluding carboxylic acids is 3. The largest absolute Gasteiger partial charge is 0.465 e. The van der Waals surface area contributed by atoms with E-state index in [2.05, 4.69) is 5.32 Å². The molecule has 10 heteroatoms. The Balaban J connectivity index is 1.67. The van der Waals surface area contributed by atoms with Gasteiger partial charge in [0.1, 0.15) is 5.00 Å². The van der Waals surface area contributed by atoms with Gasteiger partial charge in [0.05, 0.1) is 23.1 Å². The first kappa shape index (κ1) is 23.0. The third-order valence-electron chi connectivity index (χ3n) is 4.92.